The van der Waals surface area contributed by atoms with Crippen molar-refractivity contribution in [1.82, 2.24) is 25.1 Å². The molecule has 1 aliphatic heterocycles. The van der Waals surface area contributed by atoms with Crippen LogP contribution >= 0.6 is 11.6 Å². The minimum Gasteiger partial charge on any atom is -0.337 e. The van der Waals surface area contributed by atoms with Gasteiger partial charge in [-0.3, -0.25) is 19.8 Å². The summed E-state index contributed by atoms with van der Waals surface area (Å²) in [7, 11) is 0. The second kappa shape index (κ2) is 9.06. The van der Waals surface area contributed by atoms with Gasteiger partial charge in [-0.2, -0.15) is 4.68 Å². The Morgan fingerprint density at radius 1 is 1.13 bits per heavy atom. The van der Waals surface area contributed by atoms with Crippen molar-refractivity contribution in [3.8, 4) is 5.69 Å². The lowest BCUT2D eigenvalue weighted by molar-refractivity contribution is -0.384. The van der Waals surface area contributed by atoms with E-state index >= 15 is 0 Å². The van der Waals surface area contributed by atoms with Crippen LogP contribution in [0.1, 0.15) is 0 Å². The number of nitrogens with one attached hydrogen (secondary N) is 1. The number of anilines is 2. The molecule has 2 heterocycles. The Kier molecular flexibility index (Phi) is 6.05. The van der Waals surface area contributed by atoms with E-state index in [2.05, 4.69) is 25.7 Å². The number of halogens is 1. The molecule has 31 heavy (non-hydrogen) atoms. The number of nitro benzene ring substituents is 1. The topological polar surface area (TPSA) is 122 Å². The molecule has 1 aromatic heterocycles. The maximum absolute atomic E-state index is 12.4. The van der Waals surface area contributed by atoms with Crippen LogP contribution in [-0.2, 0) is 4.79 Å². The molecule has 0 unspecified atom stereocenters. The van der Waals surface area contributed by atoms with Gasteiger partial charge in [-0.05, 0) is 34.7 Å². The fourth-order valence-corrected chi connectivity index (χ4v) is 3.54. The van der Waals surface area contributed by atoms with Crippen molar-refractivity contribution in [2.24, 2.45) is 0 Å². The molecule has 0 atom stereocenters. The quantitative estimate of drug-likeness (QED) is 0.454. The summed E-state index contributed by atoms with van der Waals surface area (Å²) < 4.78 is 1.69. The fourth-order valence-electron chi connectivity index (χ4n) is 3.36. The molecule has 1 aliphatic rings. The van der Waals surface area contributed by atoms with Crippen LogP contribution in [0.5, 0.6) is 0 Å². The van der Waals surface area contributed by atoms with E-state index in [4.69, 9.17) is 11.6 Å². The highest BCUT2D eigenvalue weighted by Gasteiger charge is 2.23. The summed E-state index contributed by atoms with van der Waals surface area (Å²) in [5.74, 6) is 0.406. The first-order valence-electron chi connectivity index (χ1n) is 9.56. The Hall–Kier alpha value is -3.57. The average Bonchev–Trinajstić information content (AvgIpc) is 3.26. The van der Waals surface area contributed by atoms with Crippen molar-refractivity contribution in [3.05, 3.63) is 63.7 Å². The minimum absolute atomic E-state index is 0.0250. The Labute approximate surface area is 182 Å². The fraction of sp³-hybridized carbons (Fsp3) is 0.263. The predicted octanol–water partition coefficient (Wildman–Crippen LogP) is 1.98. The number of para-hydroxylation sites is 1. The molecule has 1 fully saturated rings. The van der Waals surface area contributed by atoms with Crippen LogP contribution in [0.15, 0.2) is 48.5 Å². The average molecular weight is 443 g/mol. The van der Waals surface area contributed by atoms with Crippen molar-refractivity contribution in [3.63, 3.8) is 0 Å². The summed E-state index contributed by atoms with van der Waals surface area (Å²) in [5, 5.41) is 25.7. The van der Waals surface area contributed by atoms with Gasteiger partial charge in [0.2, 0.25) is 11.9 Å². The van der Waals surface area contributed by atoms with Crippen LogP contribution in [0, 0.1) is 10.1 Å². The second-order valence-corrected chi connectivity index (χ2v) is 7.37. The Bertz CT molecular complexity index is 1080. The number of piperazine rings is 1. The van der Waals surface area contributed by atoms with Crippen molar-refractivity contribution >= 4 is 34.8 Å². The molecule has 0 bridgehead atoms. The molecule has 1 amide bonds. The third-order valence-corrected chi connectivity index (χ3v) is 5.22. The normalized spacial score (nSPS) is 14.4. The van der Waals surface area contributed by atoms with Gasteiger partial charge in [0.05, 0.1) is 17.2 Å². The molecule has 0 spiro atoms. The van der Waals surface area contributed by atoms with E-state index in [0.29, 0.717) is 37.8 Å². The molecule has 0 aliphatic carbocycles. The zero-order valence-corrected chi connectivity index (χ0v) is 17.1. The number of aromatic nitrogens is 4. The van der Waals surface area contributed by atoms with Crippen LogP contribution < -0.4 is 10.2 Å². The third-order valence-electron chi connectivity index (χ3n) is 4.90. The highest BCUT2D eigenvalue weighted by Crippen LogP contribution is 2.27. The lowest BCUT2D eigenvalue weighted by atomic mass is 10.2. The number of amides is 1. The molecule has 0 radical (unpaired) electrons. The number of hydrogen-bond donors (Lipinski definition) is 1. The zero-order valence-electron chi connectivity index (χ0n) is 16.4. The molecular formula is C19H19ClN8O3. The van der Waals surface area contributed by atoms with E-state index in [1.165, 1.54) is 18.2 Å². The van der Waals surface area contributed by atoms with Crippen LogP contribution in [0.3, 0.4) is 0 Å². The van der Waals surface area contributed by atoms with E-state index < -0.39 is 4.92 Å². The van der Waals surface area contributed by atoms with Crippen LogP contribution in [0.25, 0.3) is 5.69 Å². The van der Waals surface area contributed by atoms with Gasteiger partial charge in [-0.25, -0.2) is 0 Å². The largest absolute Gasteiger partial charge is 0.337 e. The molecule has 160 valence electrons. The lowest BCUT2D eigenvalue weighted by Gasteiger charge is -2.34. The molecule has 2 aromatic carbocycles. The molecule has 11 nitrogen and oxygen atoms in total. The molecule has 1 N–H and O–H groups in total. The van der Waals surface area contributed by atoms with E-state index in [0.717, 1.165) is 5.69 Å². The summed E-state index contributed by atoms with van der Waals surface area (Å²) in [6.07, 6.45) is 0. The molecule has 12 heteroatoms. The number of hydrogen-bond acceptors (Lipinski definition) is 8. The van der Waals surface area contributed by atoms with Crippen molar-refractivity contribution < 1.29 is 9.72 Å². The van der Waals surface area contributed by atoms with Gasteiger partial charge in [0.25, 0.3) is 5.69 Å². The molecule has 3 aromatic rings. The number of nitro groups is 1. The summed E-state index contributed by atoms with van der Waals surface area (Å²) in [4.78, 5) is 26.9. The Balaban J connectivity index is 1.33. The number of benzene rings is 2. The monoisotopic (exact) mass is 442 g/mol. The number of carbonyl (C=O) groups is 1. The molecule has 0 saturated carbocycles. The van der Waals surface area contributed by atoms with Gasteiger partial charge in [-0.1, -0.05) is 34.9 Å². The summed E-state index contributed by atoms with van der Waals surface area (Å²) in [6, 6.07) is 13.8. The van der Waals surface area contributed by atoms with Crippen molar-refractivity contribution in [1.29, 1.82) is 0 Å². The predicted molar refractivity (Wildman–Crippen MR) is 115 cm³/mol. The first-order chi connectivity index (χ1) is 15.0. The summed E-state index contributed by atoms with van der Waals surface area (Å²) >= 11 is 5.81. The number of rotatable bonds is 6. The van der Waals surface area contributed by atoms with Gasteiger partial charge >= 0.3 is 0 Å². The van der Waals surface area contributed by atoms with Crippen molar-refractivity contribution in [2.45, 2.75) is 0 Å². The van der Waals surface area contributed by atoms with Gasteiger partial charge in [0.1, 0.15) is 5.02 Å². The first kappa shape index (κ1) is 20.7. The summed E-state index contributed by atoms with van der Waals surface area (Å²) in [6.45, 7) is 2.79. The van der Waals surface area contributed by atoms with Crippen molar-refractivity contribution in [2.75, 3.05) is 42.9 Å². The maximum Gasteiger partial charge on any atom is 0.289 e. The van der Waals surface area contributed by atoms with E-state index in [-0.39, 0.29) is 23.2 Å². The minimum atomic E-state index is -0.583. The van der Waals surface area contributed by atoms with Gasteiger partial charge in [0, 0.05) is 37.9 Å². The second-order valence-electron chi connectivity index (χ2n) is 6.96. The number of nitrogens with zero attached hydrogens (tertiary/aromatic N) is 7. The zero-order chi connectivity index (χ0) is 21.8. The highest BCUT2D eigenvalue weighted by atomic mass is 35.5. The van der Waals surface area contributed by atoms with E-state index in [1.54, 1.807) is 4.68 Å². The third kappa shape index (κ3) is 4.78. The van der Waals surface area contributed by atoms with Crippen LogP contribution in [0.2, 0.25) is 5.02 Å². The van der Waals surface area contributed by atoms with Gasteiger partial charge in [0.15, 0.2) is 0 Å². The number of carbonyl (C=O) groups excluding carboxylic acids is 1. The standard InChI is InChI=1S/C19H19ClN8O3/c20-16-7-6-14(12-17(16)28(30)31)21-18(29)13-25-8-10-26(11-9-25)19-22-23-24-27(19)15-4-2-1-3-5-15/h1-7,12H,8-11,13H2,(H,21,29). The SMILES string of the molecule is O=C(CN1CCN(c2nnnn2-c2ccccc2)CC1)Nc1ccc(Cl)c([N+](=O)[O-])c1. The summed E-state index contributed by atoms with van der Waals surface area (Å²) in [5.41, 5.74) is 0.965. The van der Waals surface area contributed by atoms with Gasteiger partial charge in [-0.15, -0.1) is 0 Å². The first-order valence-corrected chi connectivity index (χ1v) is 9.94. The van der Waals surface area contributed by atoms with E-state index in [9.17, 15) is 14.9 Å². The maximum atomic E-state index is 12.4. The van der Waals surface area contributed by atoms with Gasteiger partial charge < -0.3 is 10.2 Å². The van der Waals surface area contributed by atoms with Crippen LogP contribution in [-0.4, -0.2) is 68.7 Å². The van der Waals surface area contributed by atoms with Crippen LogP contribution in [0.4, 0.5) is 17.3 Å². The van der Waals surface area contributed by atoms with E-state index in [1.807, 2.05) is 35.2 Å². The highest BCUT2D eigenvalue weighted by molar-refractivity contribution is 6.32. The number of tetrazole rings is 1. The molecule has 1 saturated heterocycles. The molecular weight excluding hydrogens is 424 g/mol. The Morgan fingerprint density at radius 2 is 1.87 bits per heavy atom. The smallest absolute Gasteiger partial charge is 0.289 e. The molecule has 4 rings (SSSR count). The Morgan fingerprint density at radius 3 is 2.58 bits per heavy atom. The lowest BCUT2D eigenvalue weighted by Crippen LogP contribution is -2.49.